The lowest BCUT2D eigenvalue weighted by Crippen LogP contribution is -1.91. The van der Waals surface area contributed by atoms with Gasteiger partial charge in [-0.15, -0.1) is 10.2 Å². The Bertz CT molecular complexity index is 626. The molecule has 3 heterocycles. The fourth-order valence-electron chi connectivity index (χ4n) is 1.33. The summed E-state index contributed by atoms with van der Waals surface area (Å²) in [7, 11) is 0. The summed E-state index contributed by atoms with van der Waals surface area (Å²) in [6.45, 7) is 0. The maximum absolute atomic E-state index is 5.54. The molecule has 8 heteroatoms. The van der Waals surface area contributed by atoms with E-state index < -0.39 is 0 Å². The molecule has 1 N–H and O–H groups in total. The zero-order valence-corrected chi connectivity index (χ0v) is 9.06. The van der Waals surface area contributed by atoms with Gasteiger partial charge in [-0.25, -0.2) is 9.97 Å². The van der Waals surface area contributed by atoms with Crippen molar-refractivity contribution in [2.75, 3.05) is 0 Å². The Morgan fingerprint density at radius 2 is 2.11 bits per heavy atom. The summed E-state index contributed by atoms with van der Waals surface area (Å²) >= 11 is 0. The van der Waals surface area contributed by atoms with Gasteiger partial charge in [-0.05, 0) is 11.3 Å². The van der Waals surface area contributed by atoms with Gasteiger partial charge in [0.15, 0.2) is 0 Å². The average Bonchev–Trinajstić information content (AvgIpc) is 2.94. The van der Waals surface area contributed by atoms with Crippen LogP contribution in [0.15, 0.2) is 36.9 Å². The predicted molar refractivity (Wildman–Crippen MR) is 59.5 cm³/mol. The van der Waals surface area contributed by atoms with Crippen LogP contribution in [0.3, 0.4) is 0 Å². The van der Waals surface area contributed by atoms with E-state index in [9.17, 15) is 0 Å². The van der Waals surface area contributed by atoms with Crippen LogP contribution in [0.1, 0.15) is 0 Å². The first-order chi connectivity index (χ1) is 8.92. The lowest BCUT2D eigenvalue weighted by molar-refractivity contribution is 0.461. The van der Waals surface area contributed by atoms with Crippen LogP contribution in [0.25, 0.3) is 11.5 Å². The molecule has 0 aliphatic rings. The van der Waals surface area contributed by atoms with Gasteiger partial charge in [0.2, 0.25) is 11.7 Å². The maximum Gasteiger partial charge on any atom is 0.223 e. The highest BCUT2D eigenvalue weighted by Gasteiger charge is 2.06. The first kappa shape index (κ1) is 10.3. The number of aromatic nitrogens is 7. The molecule has 3 aromatic rings. The third-order valence-corrected chi connectivity index (χ3v) is 2.08. The fourth-order valence-corrected chi connectivity index (χ4v) is 1.33. The van der Waals surface area contributed by atoms with Crippen LogP contribution in [-0.4, -0.2) is 35.6 Å². The molecule has 0 saturated carbocycles. The van der Waals surface area contributed by atoms with E-state index in [1.165, 1.54) is 6.33 Å². The quantitative estimate of drug-likeness (QED) is 0.724. The van der Waals surface area contributed by atoms with Gasteiger partial charge >= 0.3 is 0 Å². The monoisotopic (exact) mass is 241 g/mol. The molecule has 0 saturated heterocycles. The van der Waals surface area contributed by atoms with Crippen LogP contribution in [0, 0.1) is 0 Å². The van der Waals surface area contributed by atoms with Crippen molar-refractivity contribution in [1.29, 1.82) is 0 Å². The highest BCUT2D eigenvalue weighted by Crippen LogP contribution is 2.21. The van der Waals surface area contributed by atoms with Crippen LogP contribution in [0.5, 0.6) is 11.6 Å². The second-order valence-electron chi connectivity index (χ2n) is 3.26. The number of nitrogens with zero attached hydrogens (tertiary/aromatic N) is 6. The second-order valence-corrected chi connectivity index (χ2v) is 3.26. The normalized spacial score (nSPS) is 10.2. The van der Waals surface area contributed by atoms with E-state index in [0.717, 1.165) is 0 Å². The smallest absolute Gasteiger partial charge is 0.223 e. The molecule has 0 amide bonds. The number of nitrogens with one attached hydrogen (secondary N) is 1. The summed E-state index contributed by atoms with van der Waals surface area (Å²) in [5.74, 6) is 1.45. The van der Waals surface area contributed by atoms with Gasteiger partial charge in [0.05, 0.1) is 0 Å². The zero-order valence-electron chi connectivity index (χ0n) is 9.06. The van der Waals surface area contributed by atoms with Crippen LogP contribution in [0.4, 0.5) is 0 Å². The van der Waals surface area contributed by atoms with Crippen LogP contribution in [-0.2, 0) is 0 Å². The minimum absolute atomic E-state index is 0.406. The van der Waals surface area contributed by atoms with E-state index in [1.54, 1.807) is 30.6 Å². The van der Waals surface area contributed by atoms with Crippen molar-refractivity contribution in [1.82, 2.24) is 35.6 Å². The largest absolute Gasteiger partial charge is 0.439 e. The Hall–Kier alpha value is -2.90. The number of pyridine rings is 1. The summed E-state index contributed by atoms with van der Waals surface area (Å²) in [6.07, 6.45) is 4.61. The van der Waals surface area contributed by atoms with Gasteiger partial charge < -0.3 is 4.74 Å². The lowest BCUT2D eigenvalue weighted by atomic mass is 10.3. The highest BCUT2D eigenvalue weighted by atomic mass is 16.5. The molecule has 0 unspecified atom stereocenters. The van der Waals surface area contributed by atoms with Crippen molar-refractivity contribution in [3.05, 3.63) is 36.9 Å². The molecule has 18 heavy (non-hydrogen) atoms. The zero-order chi connectivity index (χ0) is 12.2. The topological polar surface area (TPSA) is 102 Å². The second kappa shape index (κ2) is 4.53. The first-order valence-electron chi connectivity index (χ1n) is 5.05. The Morgan fingerprint density at radius 1 is 1.11 bits per heavy atom. The summed E-state index contributed by atoms with van der Waals surface area (Å²) in [4.78, 5) is 11.9. The lowest BCUT2D eigenvalue weighted by Gasteiger charge is -2.03. The highest BCUT2D eigenvalue weighted by molar-refractivity contribution is 5.50. The van der Waals surface area contributed by atoms with Crippen molar-refractivity contribution in [2.24, 2.45) is 0 Å². The number of hydrogen-bond acceptors (Lipinski definition) is 7. The van der Waals surface area contributed by atoms with Crippen molar-refractivity contribution >= 4 is 0 Å². The van der Waals surface area contributed by atoms with Gasteiger partial charge in [0.1, 0.15) is 17.8 Å². The number of hydrogen-bond donors (Lipinski definition) is 1. The van der Waals surface area contributed by atoms with E-state index in [2.05, 4.69) is 35.6 Å². The number of H-pyrrole nitrogens is 1. The Labute approximate surface area is 101 Å². The Balaban J connectivity index is 1.88. The molecule has 8 nitrogen and oxygen atoms in total. The molecule has 0 spiro atoms. The Kier molecular flexibility index (Phi) is 2.59. The van der Waals surface area contributed by atoms with Crippen molar-refractivity contribution in [3.8, 4) is 23.1 Å². The van der Waals surface area contributed by atoms with E-state index in [4.69, 9.17) is 4.74 Å². The number of ether oxygens (including phenoxy) is 1. The molecule has 0 aliphatic carbocycles. The SMILES string of the molecule is c1cc(Oc2ccnc(-c3nn[nH]n3)c2)ncn1. The summed E-state index contributed by atoms with van der Waals surface area (Å²) in [5.41, 5.74) is 0.565. The predicted octanol–water partition coefficient (Wildman–Crippen LogP) is 0.844. The van der Waals surface area contributed by atoms with E-state index in [0.29, 0.717) is 23.1 Å². The molecule has 0 atom stereocenters. The van der Waals surface area contributed by atoms with Crippen molar-refractivity contribution in [2.45, 2.75) is 0 Å². The fraction of sp³-hybridized carbons (Fsp3) is 0. The standard InChI is InChI=1S/C10H7N7O/c1-4-12-8(10-14-16-17-15-10)5-7(1)18-9-2-3-11-6-13-9/h1-6H,(H,14,15,16,17). The molecular formula is C10H7N7O. The minimum atomic E-state index is 0.406. The maximum atomic E-state index is 5.54. The molecule has 0 fully saturated rings. The molecule has 0 aliphatic heterocycles. The van der Waals surface area contributed by atoms with E-state index in [-0.39, 0.29) is 0 Å². The van der Waals surface area contributed by atoms with Crippen LogP contribution < -0.4 is 4.74 Å². The average molecular weight is 241 g/mol. The molecule has 0 aromatic carbocycles. The van der Waals surface area contributed by atoms with E-state index in [1.807, 2.05) is 0 Å². The van der Waals surface area contributed by atoms with Crippen molar-refractivity contribution in [3.63, 3.8) is 0 Å². The molecule has 88 valence electrons. The molecule has 0 radical (unpaired) electrons. The molecular weight excluding hydrogens is 234 g/mol. The molecule has 3 aromatic heterocycles. The van der Waals surface area contributed by atoms with Crippen LogP contribution >= 0.6 is 0 Å². The number of rotatable bonds is 3. The molecule has 0 bridgehead atoms. The first-order valence-corrected chi connectivity index (χ1v) is 5.05. The van der Waals surface area contributed by atoms with Gasteiger partial charge in [-0.1, -0.05) is 0 Å². The van der Waals surface area contributed by atoms with Gasteiger partial charge in [0, 0.05) is 24.5 Å². The van der Waals surface area contributed by atoms with E-state index >= 15 is 0 Å². The third kappa shape index (κ3) is 2.12. The molecule has 3 rings (SSSR count). The number of aromatic amines is 1. The van der Waals surface area contributed by atoms with Gasteiger partial charge in [-0.2, -0.15) is 5.21 Å². The van der Waals surface area contributed by atoms with Crippen LogP contribution in [0.2, 0.25) is 0 Å². The summed E-state index contributed by atoms with van der Waals surface area (Å²) in [5, 5.41) is 13.5. The number of tetrazole rings is 1. The van der Waals surface area contributed by atoms with Gasteiger partial charge in [-0.3, -0.25) is 4.98 Å². The third-order valence-electron chi connectivity index (χ3n) is 2.08. The Morgan fingerprint density at radius 3 is 2.89 bits per heavy atom. The summed E-state index contributed by atoms with van der Waals surface area (Å²) in [6, 6.07) is 5.08. The summed E-state index contributed by atoms with van der Waals surface area (Å²) < 4.78 is 5.54. The van der Waals surface area contributed by atoms with Gasteiger partial charge in [0.25, 0.3) is 0 Å². The van der Waals surface area contributed by atoms with Crippen molar-refractivity contribution < 1.29 is 4.74 Å². The minimum Gasteiger partial charge on any atom is -0.439 e.